The first-order valence-electron chi connectivity index (χ1n) is 7.20. The van der Waals surface area contributed by atoms with Crippen LogP contribution >= 0.6 is 0 Å². The molecule has 0 amide bonds. The topological polar surface area (TPSA) is 54.4 Å². The fourth-order valence-electron chi connectivity index (χ4n) is 2.03. The summed E-state index contributed by atoms with van der Waals surface area (Å²) in [6, 6.07) is 7.26. The van der Waals surface area contributed by atoms with E-state index in [0.29, 0.717) is 0 Å². The molecule has 0 radical (unpaired) electrons. The molecule has 0 aliphatic carbocycles. The van der Waals surface area contributed by atoms with E-state index in [1.165, 1.54) is 6.42 Å². The number of fused-ring (bicyclic) bond motifs is 1. The number of pyridine rings is 1. The molecule has 1 heterocycles. The van der Waals surface area contributed by atoms with E-state index in [4.69, 9.17) is 4.74 Å². The number of nitrogens with one attached hydrogen (secondary N) is 1. The number of benzene rings is 1. The van der Waals surface area contributed by atoms with Gasteiger partial charge in [0.15, 0.2) is 0 Å². The molecule has 0 aliphatic heterocycles. The highest BCUT2D eigenvalue weighted by molar-refractivity contribution is 5.92. The summed E-state index contributed by atoms with van der Waals surface area (Å²) in [5, 5.41) is 14.9. The fraction of sp³-hybridized carbons (Fsp3) is 0.438. The lowest BCUT2D eigenvalue weighted by Gasteiger charge is -2.09. The molecule has 1 aromatic carbocycles. The predicted octanol–water partition coefficient (Wildman–Crippen LogP) is 3.56. The molecule has 4 heteroatoms. The Morgan fingerprint density at radius 3 is 2.90 bits per heavy atom. The number of hydrogen-bond donors (Lipinski definition) is 2. The van der Waals surface area contributed by atoms with Crippen LogP contribution in [0.2, 0.25) is 0 Å². The summed E-state index contributed by atoms with van der Waals surface area (Å²) < 4.78 is 5.52. The van der Waals surface area contributed by atoms with E-state index in [0.717, 1.165) is 49.2 Å². The number of hydrogen-bond acceptors (Lipinski definition) is 4. The Hall–Kier alpha value is -1.81. The summed E-state index contributed by atoms with van der Waals surface area (Å²) in [7, 11) is 0. The van der Waals surface area contributed by atoms with Crippen LogP contribution in [0.3, 0.4) is 0 Å². The molecular weight excluding hydrogens is 252 g/mol. The van der Waals surface area contributed by atoms with Gasteiger partial charge in [0.25, 0.3) is 0 Å². The molecule has 0 unspecified atom stereocenters. The largest absolute Gasteiger partial charge is 0.508 e. The Morgan fingerprint density at radius 2 is 2.05 bits per heavy atom. The molecule has 0 atom stereocenters. The normalized spacial score (nSPS) is 10.8. The maximum atomic E-state index is 9.57. The highest BCUT2D eigenvalue weighted by atomic mass is 16.5. The van der Waals surface area contributed by atoms with Gasteiger partial charge in [-0.2, -0.15) is 0 Å². The van der Waals surface area contributed by atoms with Crippen LogP contribution in [0.5, 0.6) is 5.75 Å². The summed E-state index contributed by atoms with van der Waals surface area (Å²) in [6.45, 7) is 4.58. The average molecular weight is 274 g/mol. The van der Waals surface area contributed by atoms with Crippen molar-refractivity contribution in [2.75, 3.05) is 25.1 Å². The lowest BCUT2D eigenvalue weighted by Crippen LogP contribution is -2.07. The van der Waals surface area contributed by atoms with E-state index >= 15 is 0 Å². The van der Waals surface area contributed by atoms with Crippen LogP contribution in [-0.4, -0.2) is 29.8 Å². The van der Waals surface area contributed by atoms with Gasteiger partial charge in [0.2, 0.25) is 0 Å². The van der Waals surface area contributed by atoms with E-state index in [1.54, 1.807) is 18.3 Å². The van der Waals surface area contributed by atoms with Crippen molar-refractivity contribution in [1.29, 1.82) is 0 Å². The number of anilines is 1. The van der Waals surface area contributed by atoms with Gasteiger partial charge in [-0.15, -0.1) is 0 Å². The number of unbranched alkanes of at least 4 members (excludes halogenated alkanes) is 1. The molecule has 0 fully saturated rings. The van der Waals surface area contributed by atoms with Crippen molar-refractivity contribution >= 4 is 16.6 Å². The highest BCUT2D eigenvalue weighted by Crippen LogP contribution is 2.24. The van der Waals surface area contributed by atoms with E-state index in [9.17, 15) is 5.11 Å². The maximum Gasteiger partial charge on any atom is 0.133 e. The van der Waals surface area contributed by atoms with Crippen LogP contribution in [0, 0.1) is 0 Å². The third kappa shape index (κ3) is 4.10. The van der Waals surface area contributed by atoms with Gasteiger partial charge >= 0.3 is 0 Å². The van der Waals surface area contributed by atoms with Crippen molar-refractivity contribution in [2.45, 2.75) is 26.2 Å². The first-order chi connectivity index (χ1) is 9.81. The van der Waals surface area contributed by atoms with Gasteiger partial charge in [0.1, 0.15) is 11.6 Å². The van der Waals surface area contributed by atoms with E-state index in [2.05, 4.69) is 17.2 Å². The summed E-state index contributed by atoms with van der Waals surface area (Å²) >= 11 is 0. The van der Waals surface area contributed by atoms with Crippen molar-refractivity contribution in [1.82, 2.24) is 4.98 Å². The summed E-state index contributed by atoms with van der Waals surface area (Å²) in [6.07, 6.45) is 5.01. The van der Waals surface area contributed by atoms with Gasteiger partial charge in [0, 0.05) is 31.3 Å². The zero-order chi connectivity index (χ0) is 14.2. The second kappa shape index (κ2) is 7.70. The van der Waals surface area contributed by atoms with Gasteiger partial charge in [-0.3, -0.25) is 0 Å². The Morgan fingerprint density at radius 1 is 1.20 bits per heavy atom. The van der Waals surface area contributed by atoms with Crippen molar-refractivity contribution in [3.05, 3.63) is 30.5 Å². The molecule has 20 heavy (non-hydrogen) atoms. The van der Waals surface area contributed by atoms with E-state index < -0.39 is 0 Å². The third-order valence-corrected chi connectivity index (χ3v) is 3.15. The van der Waals surface area contributed by atoms with Crippen molar-refractivity contribution < 1.29 is 9.84 Å². The van der Waals surface area contributed by atoms with E-state index in [1.807, 2.05) is 12.1 Å². The van der Waals surface area contributed by atoms with Gasteiger partial charge in [-0.05, 0) is 36.4 Å². The number of phenols is 1. The zero-order valence-corrected chi connectivity index (χ0v) is 11.9. The molecule has 4 nitrogen and oxygen atoms in total. The second-order valence-electron chi connectivity index (χ2n) is 4.81. The predicted molar refractivity (Wildman–Crippen MR) is 82.2 cm³/mol. The lowest BCUT2D eigenvalue weighted by atomic mass is 10.1. The number of nitrogens with zero attached hydrogens (tertiary/aromatic N) is 1. The van der Waals surface area contributed by atoms with Crippen molar-refractivity contribution in [3.8, 4) is 5.75 Å². The van der Waals surface area contributed by atoms with Crippen LogP contribution in [-0.2, 0) is 4.74 Å². The zero-order valence-electron chi connectivity index (χ0n) is 11.9. The number of rotatable bonds is 8. The Kier molecular flexibility index (Phi) is 5.62. The quantitative estimate of drug-likeness (QED) is 0.723. The number of aromatic nitrogens is 1. The molecule has 0 saturated carbocycles. The Balaban J connectivity index is 1.85. The molecule has 0 saturated heterocycles. The molecule has 0 aliphatic rings. The minimum Gasteiger partial charge on any atom is -0.508 e. The third-order valence-electron chi connectivity index (χ3n) is 3.15. The van der Waals surface area contributed by atoms with Crippen LogP contribution in [0.25, 0.3) is 10.8 Å². The summed E-state index contributed by atoms with van der Waals surface area (Å²) in [5.41, 5.74) is 0. The molecule has 2 aromatic rings. The summed E-state index contributed by atoms with van der Waals surface area (Å²) in [5.74, 6) is 1.07. The molecule has 0 bridgehead atoms. The van der Waals surface area contributed by atoms with Gasteiger partial charge in [-0.1, -0.05) is 19.4 Å². The number of phenolic OH excluding ortho intramolecular Hbond substituents is 1. The molecule has 1 aromatic heterocycles. The van der Waals surface area contributed by atoms with Gasteiger partial charge in [0.05, 0.1) is 0 Å². The first kappa shape index (κ1) is 14.6. The fourth-order valence-corrected chi connectivity index (χ4v) is 2.03. The Labute approximate surface area is 119 Å². The standard InChI is InChI=1S/C16H22N2O2/c1-2-3-10-20-11-4-8-17-16-15-12-14(19)6-5-13(15)7-9-18-16/h5-7,9,12,19H,2-4,8,10-11H2,1H3,(H,17,18). The molecule has 2 N–H and O–H groups in total. The van der Waals surface area contributed by atoms with Gasteiger partial charge < -0.3 is 15.2 Å². The second-order valence-corrected chi connectivity index (χ2v) is 4.81. The molecule has 108 valence electrons. The average Bonchev–Trinajstić information content (AvgIpc) is 2.46. The highest BCUT2D eigenvalue weighted by Gasteiger charge is 2.02. The Bertz CT molecular complexity index is 543. The van der Waals surface area contributed by atoms with Crippen LogP contribution in [0.4, 0.5) is 5.82 Å². The van der Waals surface area contributed by atoms with Crippen LogP contribution in [0.1, 0.15) is 26.2 Å². The monoisotopic (exact) mass is 274 g/mol. The van der Waals surface area contributed by atoms with Crippen LogP contribution in [0.15, 0.2) is 30.5 Å². The molecule has 2 rings (SSSR count). The number of ether oxygens (including phenoxy) is 1. The van der Waals surface area contributed by atoms with Gasteiger partial charge in [-0.25, -0.2) is 4.98 Å². The SMILES string of the molecule is CCCCOCCCNc1nccc2ccc(O)cc12. The number of aromatic hydroxyl groups is 1. The van der Waals surface area contributed by atoms with Crippen molar-refractivity contribution in [2.24, 2.45) is 0 Å². The minimum absolute atomic E-state index is 0.261. The van der Waals surface area contributed by atoms with Crippen LogP contribution < -0.4 is 5.32 Å². The molecule has 0 spiro atoms. The summed E-state index contributed by atoms with van der Waals surface area (Å²) in [4.78, 5) is 4.33. The van der Waals surface area contributed by atoms with Crippen molar-refractivity contribution in [3.63, 3.8) is 0 Å². The minimum atomic E-state index is 0.261. The smallest absolute Gasteiger partial charge is 0.133 e. The van der Waals surface area contributed by atoms with E-state index in [-0.39, 0.29) is 5.75 Å². The first-order valence-corrected chi connectivity index (χ1v) is 7.20. The molecular formula is C16H22N2O2. The lowest BCUT2D eigenvalue weighted by molar-refractivity contribution is 0.131. The maximum absolute atomic E-state index is 9.57.